The largest absolute Gasteiger partial charge is 0.496 e. The molecule has 1 aromatic carbocycles. The van der Waals surface area contributed by atoms with Crippen LogP contribution in [0.3, 0.4) is 0 Å². The molecule has 0 radical (unpaired) electrons. The van der Waals surface area contributed by atoms with Gasteiger partial charge in [0.25, 0.3) is 0 Å². The number of carbonyl (C=O) groups is 1. The van der Waals surface area contributed by atoms with Crippen molar-refractivity contribution in [1.82, 2.24) is 0 Å². The van der Waals surface area contributed by atoms with Crippen molar-refractivity contribution in [2.24, 2.45) is 0 Å². The minimum atomic E-state index is 0.0283. The zero-order valence-corrected chi connectivity index (χ0v) is 9.10. The number of benzene rings is 1. The number of methoxy groups -OCH3 is 1. The molecule has 0 unspecified atom stereocenters. The van der Waals surface area contributed by atoms with Gasteiger partial charge in [0.1, 0.15) is 5.75 Å². The van der Waals surface area contributed by atoms with E-state index in [1.807, 2.05) is 19.1 Å². The molecule has 0 amide bonds. The van der Waals surface area contributed by atoms with Crippen LogP contribution in [0.25, 0.3) is 0 Å². The Labute approximate surface area is 88.8 Å². The van der Waals surface area contributed by atoms with Gasteiger partial charge in [0.15, 0.2) is 5.78 Å². The van der Waals surface area contributed by atoms with E-state index in [4.69, 9.17) is 16.3 Å². The summed E-state index contributed by atoms with van der Waals surface area (Å²) in [6, 6.07) is 5.54. The highest BCUT2D eigenvalue weighted by atomic mass is 35.5. The highest BCUT2D eigenvalue weighted by molar-refractivity contribution is 6.19. The highest BCUT2D eigenvalue weighted by Gasteiger charge is 2.11. The number of rotatable bonds is 4. The Bertz CT molecular complexity index is 334. The van der Waals surface area contributed by atoms with Crippen molar-refractivity contribution in [1.29, 1.82) is 0 Å². The fourth-order valence-corrected chi connectivity index (χ4v) is 1.43. The van der Waals surface area contributed by atoms with E-state index in [1.165, 1.54) is 0 Å². The fraction of sp³-hybridized carbons (Fsp3) is 0.364. The Kier molecular flexibility index (Phi) is 3.96. The van der Waals surface area contributed by atoms with Gasteiger partial charge in [0.05, 0.1) is 12.7 Å². The van der Waals surface area contributed by atoms with Crippen LogP contribution in [0.2, 0.25) is 0 Å². The summed E-state index contributed by atoms with van der Waals surface area (Å²) < 4.78 is 5.10. The maximum Gasteiger partial charge on any atom is 0.167 e. The second-order valence-corrected chi connectivity index (χ2v) is 3.44. The summed E-state index contributed by atoms with van der Waals surface area (Å²) in [6.45, 7) is 1.94. The zero-order chi connectivity index (χ0) is 10.6. The van der Waals surface area contributed by atoms with Gasteiger partial charge in [-0.2, -0.15) is 0 Å². The maximum absolute atomic E-state index is 11.6. The topological polar surface area (TPSA) is 26.3 Å². The van der Waals surface area contributed by atoms with Crippen LogP contribution in [0.15, 0.2) is 18.2 Å². The molecule has 0 aliphatic carbocycles. The van der Waals surface area contributed by atoms with Crippen LogP contribution in [-0.4, -0.2) is 18.8 Å². The molecule has 0 saturated heterocycles. The molecule has 0 fully saturated rings. The average molecular weight is 213 g/mol. The van der Waals surface area contributed by atoms with Gasteiger partial charge in [-0.25, -0.2) is 0 Å². The predicted molar refractivity (Wildman–Crippen MR) is 57.4 cm³/mol. The molecule has 0 N–H and O–H groups in total. The number of Topliss-reactive ketones (excluding diaryl/α,β-unsaturated/α-hetero) is 1. The number of halogens is 1. The number of alkyl halides is 1. The lowest BCUT2D eigenvalue weighted by molar-refractivity contribution is 0.0986. The summed E-state index contributed by atoms with van der Waals surface area (Å²) in [4.78, 5) is 11.6. The van der Waals surface area contributed by atoms with Gasteiger partial charge in [-0.05, 0) is 19.1 Å². The number of ketones is 1. The molecule has 14 heavy (non-hydrogen) atoms. The second kappa shape index (κ2) is 5.01. The molecule has 2 nitrogen and oxygen atoms in total. The standard InChI is InChI=1S/C11H13ClO2/c1-8-3-4-11(14-2)9(7-8)10(13)5-6-12/h3-4,7H,5-6H2,1-2H3. The molecule has 0 bridgehead atoms. The normalized spacial score (nSPS) is 9.93. The summed E-state index contributed by atoms with van der Waals surface area (Å²) >= 11 is 5.52. The van der Waals surface area contributed by atoms with Gasteiger partial charge in [-0.1, -0.05) is 11.6 Å². The van der Waals surface area contributed by atoms with E-state index in [0.717, 1.165) is 5.56 Å². The number of ether oxygens (including phenoxy) is 1. The molecule has 1 rings (SSSR count). The van der Waals surface area contributed by atoms with E-state index in [-0.39, 0.29) is 5.78 Å². The van der Waals surface area contributed by atoms with Gasteiger partial charge >= 0.3 is 0 Å². The second-order valence-electron chi connectivity index (χ2n) is 3.07. The molecular formula is C11H13ClO2. The smallest absolute Gasteiger partial charge is 0.167 e. The van der Waals surface area contributed by atoms with Gasteiger partial charge in [-0.15, -0.1) is 11.6 Å². The van der Waals surface area contributed by atoms with Crippen LogP contribution >= 0.6 is 11.6 Å². The van der Waals surface area contributed by atoms with Crippen molar-refractivity contribution >= 4 is 17.4 Å². The third-order valence-corrected chi connectivity index (χ3v) is 2.17. The Morgan fingerprint density at radius 1 is 1.50 bits per heavy atom. The quantitative estimate of drug-likeness (QED) is 0.567. The Hall–Kier alpha value is -1.02. The monoisotopic (exact) mass is 212 g/mol. The molecule has 0 atom stereocenters. The first-order valence-electron chi connectivity index (χ1n) is 4.43. The molecule has 0 aromatic heterocycles. The van der Waals surface area contributed by atoms with Gasteiger partial charge < -0.3 is 4.74 Å². The minimum Gasteiger partial charge on any atom is -0.496 e. The third-order valence-electron chi connectivity index (χ3n) is 1.98. The van der Waals surface area contributed by atoms with Gasteiger partial charge in [0, 0.05) is 12.3 Å². The summed E-state index contributed by atoms with van der Waals surface area (Å²) in [6.07, 6.45) is 0.349. The van der Waals surface area contributed by atoms with Crippen LogP contribution in [-0.2, 0) is 0 Å². The van der Waals surface area contributed by atoms with Crippen molar-refractivity contribution in [2.45, 2.75) is 13.3 Å². The van der Waals surface area contributed by atoms with Crippen molar-refractivity contribution in [3.8, 4) is 5.75 Å². The number of hydrogen-bond donors (Lipinski definition) is 0. The van der Waals surface area contributed by atoms with Crippen molar-refractivity contribution in [3.05, 3.63) is 29.3 Å². The number of aryl methyl sites for hydroxylation is 1. The van der Waals surface area contributed by atoms with E-state index >= 15 is 0 Å². The summed E-state index contributed by atoms with van der Waals surface area (Å²) in [7, 11) is 1.56. The lowest BCUT2D eigenvalue weighted by Gasteiger charge is -2.07. The van der Waals surface area contributed by atoms with E-state index in [1.54, 1.807) is 13.2 Å². The van der Waals surface area contributed by atoms with Crippen molar-refractivity contribution in [2.75, 3.05) is 13.0 Å². The Morgan fingerprint density at radius 2 is 2.21 bits per heavy atom. The molecule has 76 valence electrons. The molecule has 0 heterocycles. The first-order valence-corrected chi connectivity index (χ1v) is 4.96. The molecule has 1 aromatic rings. The first-order chi connectivity index (χ1) is 6.69. The Morgan fingerprint density at radius 3 is 2.79 bits per heavy atom. The molecular weight excluding hydrogens is 200 g/mol. The molecule has 0 spiro atoms. The van der Waals surface area contributed by atoms with Crippen LogP contribution in [0.5, 0.6) is 5.75 Å². The van der Waals surface area contributed by atoms with E-state index in [9.17, 15) is 4.79 Å². The average Bonchev–Trinajstić information content (AvgIpc) is 2.18. The third kappa shape index (κ3) is 2.48. The number of hydrogen-bond acceptors (Lipinski definition) is 2. The van der Waals surface area contributed by atoms with Crippen LogP contribution in [0.4, 0.5) is 0 Å². The van der Waals surface area contributed by atoms with Crippen molar-refractivity contribution in [3.63, 3.8) is 0 Å². The molecule has 3 heteroatoms. The van der Waals surface area contributed by atoms with Crippen molar-refractivity contribution < 1.29 is 9.53 Å². The Balaban J connectivity index is 3.03. The molecule has 0 saturated carbocycles. The summed E-state index contributed by atoms with van der Waals surface area (Å²) in [5.41, 5.74) is 1.66. The SMILES string of the molecule is COc1ccc(C)cc1C(=O)CCCl. The lowest BCUT2D eigenvalue weighted by Crippen LogP contribution is -2.03. The maximum atomic E-state index is 11.6. The van der Waals surface area contributed by atoms with E-state index < -0.39 is 0 Å². The van der Waals surface area contributed by atoms with E-state index in [2.05, 4.69) is 0 Å². The minimum absolute atomic E-state index is 0.0283. The number of carbonyl (C=O) groups excluding carboxylic acids is 1. The lowest BCUT2D eigenvalue weighted by atomic mass is 10.1. The highest BCUT2D eigenvalue weighted by Crippen LogP contribution is 2.21. The van der Waals surface area contributed by atoms with Crippen LogP contribution < -0.4 is 4.74 Å². The van der Waals surface area contributed by atoms with Gasteiger partial charge in [0.2, 0.25) is 0 Å². The zero-order valence-electron chi connectivity index (χ0n) is 8.34. The van der Waals surface area contributed by atoms with Gasteiger partial charge in [-0.3, -0.25) is 4.79 Å². The van der Waals surface area contributed by atoms with E-state index in [0.29, 0.717) is 23.6 Å². The van der Waals surface area contributed by atoms with Crippen LogP contribution in [0, 0.1) is 6.92 Å². The predicted octanol–water partition coefficient (Wildman–Crippen LogP) is 2.82. The summed E-state index contributed by atoms with van der Waals surface area (Å²) in [5.74, 6) is 0.988. The first kappa shape index (κ1) is 11.1. The van der Waals surface area contributed by atoms with Crippen LogP contribution in [0.1, 0.15) is 22.3 Å². The fourth-order valence-electron chi connectivity index (χ4n) is 1.26. The molecule has 0 aliphatic rings. The molecule has 0 aliphatic heterocycles. The summed E-state index contributed by atoms with van der Waals surface area (Å²) in [5, 5.41) is 0.